The summed E-state index contributed by atoms with van der Waals surface area (Å²) < 4.78 is 2.15. The highest BCUT2D eigenvalue weighted by Crippen LogP contribution is 2.29. The number of fused-ring (bicyclic) bond motifs is 1. The van der Waals surface area contributed by atoms with E-state index < -0.39 is 0 Å². The highest BCUT2D eigenvalue weighted by atomic mass is 35.5. The maximum Gasteiger partial charge on any atom is 0.107 e. The first-order valence-corrected chi connectivity index (χ1v) is 6.52. The quantitative estimate of drug-likeness (QED) is 0.617. The van der Waals surface area contributed by atoms with Crippen LogP contribution in [0.25, 0.3) is 16.6 Å². The molecule has 0 spiro atoms. The molecule has 0 saturated heterocycles. The lowest BCUT2D eigenvalue weighted by Gasteiger charge is -2.05. The first-order chi connectivity index (χ1) is 8.79. The third kappa shape index (κ3) is 1.83. The SMILES string of the molecule is BCc1ccc2c(Cl)cn(-c3ccccc3)c2c1. The number of hydrogen-bond donors (Lipinski definition) is 0. The molecule has 0 aliphatic heterocycles. The Morgan fingerprint density at radius 1 is 1.06 bits per heavy atom. The zero-order valence-corrected chi connectivity index (χ0v) is 11.0. The average Bonchev–Trinajstić information content (AvgIpc) is 2.76. The van der Waals surface area contributed by atoms with E-state index in [1.807, 2.05) is 24.4 Å². The van der Waals surface area contributed by atoms with Crippen LogP contribution in [-0.4, -0.2) is 12.4 Å². The average molecular weight is 254 g/mol. The van der Waals surface area contributed by atoms with Gasteiger partial charge in [0.15, 0.2) is 0 Å². The van der Waals surface area contributed by atoms with Crippen LogP contribution in [-0.2, 0) is 6.32 Å². The van der Waals surface area contributed by atoms with Gasteiger partial charge in [-0.25, -0.2) is 0 Å². The predicted molar refractivity (Wildman–Crippen MR) is 80.5 cm³/mol. The molecule has 0 saturated carbocycles. The van der Waals surface area contributed by atoms with Crippen molar-refractivity contribution in [2.75, 3.05) is 0 Å². The van der Waals surface area contributed by atoms with Gasteiger partial charge >= 0.3 is 0 Å². The fraction of sp³-hybridized carbons (Fsp3) is 0.0667. The molecule has 1 heterocycles. The summed E-state index contributed by atoms with van der Waals surface area (Å²) >= 11 is 6.30. The zero-order valence-electron chi connectivity index (χ0n) is 10.2. The largest absolute Gasteiger partial charge is 0.315 e. The molecule has 88 valence electrons. The van der Waals surface area contributed by atoms with Crippen molar-refractivity contribution in [3.8, 4) is 5.69 Å². The Labute approximate surface area is 112 Å². The summed E-state index contributed by atoms with van der Waals surface area (Å²) in [5.74, 6) is 0. The van der Waals surface area contributed by atoms with E-state index in [-0.39, 0.29) is 0 Å². The van der Waals surface area contributed by atoms with Gasteiger partial charge < -0.3 is 4.57 Å². The number of rotatable bonds is 2. The van der Waals surface area contributed by atoms with Gasteiger partial charge in [0.1, 0.15) is 7.85 Å². The minimum Gasteiger partial charge on any atom is -0.315 e. The summed E-state index contributed by atoms with van der Waals surface area (Å²) in [6.45, 7) is 0. The fourth-order valence-corrected chi connectivity index (χ4v) is 2.51. The first kappa shape index (κ1) is 11.4. The van der Waals surface area contributed by atoms with E-state index in [1.54, 1.807) is 0 Å². The first-order valence-electron chi connectivity index (χ1n) is 6.14. The molecule has 1 aromatic heterocycles. The Morgan fingerprint density at radius 2 is 1.83 bits per heavy atom. The maximum atomic E-state index is 6.30. The van der Waals surface area contributed by atoms with Crippen molar-refractivity contribution in [3.63, 3.8) is 0 Å². The number of halogens is 1. The van der Waals surface area contributed by atoms with E-state index in [9.17, 15) is 0 Å². The van der Waals surface area contributed by atoms with Gasteiger partial charge in [-0.05, 0) is 18.2 Å². The molecule has 0 radical (unpaired) electrons. The molecule has 3 aromatic rings. The van der Waals surface area contributed by atoms with Crippen LogP contribution < -0.4 is 0 Å². The van der Waals surface area contributed by atoms with Crippen molar-refractivity contribution in [2.45, 2.75) is 6.32 Å². The van der Waals surface area contributed by atoms with Crippen LogP contribution in [0.1, 0.15) is 5.56 Å². The molecule has 0 amide bonds. The number of aromatic nitrogens is 1. The third-order valence-electron chi connectivity index (χ3n) is 3.26. The summed E-state index contributed by atoms with van der Waals surface area (Å²) in [6.07, 6.45) is 3.02. The lowest BCUT2D eigenvalue weighted by Crippen LogP contribution is -1.92. The van der Waals surface area contributed by atoms with Crippen molar-refractivity contribution in [1.29, 1.82) is 0 Å². The van der Waals surface area contributed by atoms with Gasteiger partial charge in [0.25, 0.3) is 0 Å². The topological polar surface area (TPSA) is 4.93 Å². The van der Waals surface area contributed by atoms with Gasteiger partial charge in [0.2, 0.25) is 0 Å². The Balaban J connectivity index is 2.29. The van der Waals surface area contributed by atoms with Gasteiger partial charge in [-0.2, -0.15) is 0 Å². The summed E-state index contributed by atoms with van der Waals surface area (Å²) in [7, 11) is 2.17. The Bertz CT molecular complexity index is 688. The van der Waals surface area contributed by atoms with Gasteiger partial charge in [0.05, 0.1) is 10.5 Å². The minimum atomic E-state index is 0.802. The second kappa shape index (κ2) is 4.54. The summed E-state index contributed by atoms with van der Waals surface area (Å²) in [5.41, 5.74) is 3.64. The minimum absolute atomic E-state index is 0.802. The Kier molecular flexibility index (Phi) is 2.88. The number of benzene rings is 2. The molecule has 0 bridgehead atoms. The highest BCUT2D eigenvalue weighted by Gasteiger charge is 2.08. The lowest BCUT2D eigenvalue weighted by atomic mass is 9.96. The molecular weight excluding hydrogens is 240 g/mol. The molecule has 3 rings (SSSR count). The van der Waals surface area contributed by atoms with Crippen LogP contribution in [0.5, 0.6) is 0 Å². The molecule has 0 aliphatic rings. The van der Waals surface area contributed by atoms with Crippen molar-refractivity contribution in [2.24, 2.45) is 0 Å². The van der Waals surface area contributed by atoms with Crippen LogP contribution in [0.2, 0.25) is 5.02 Å². The van der Waals surface area contributed by atoms with Gasteiger partial charge in [0, 0.05) is 17.3 Å². The van der Waals surface area contributed by atoms with Crippen molar-refractivity contribution >= 4 is 30.4 Å². The van der Waals surface area contributed by atoms with Gasteiger partial charge in [-0.15, -0.1) is 0 Å². The van der Waals surface area contributed by atoms with Crippen molar-refractivity contribution in [1.82, 2.24) is 4.57 Å². The van der Waals surface area contributed by atoms with E-state index >= 15 is 0 Å². The molecule has 1 nitrogen and oxygen atoms in total. The number of nitrogens with zero attached hydrogens (tertiary/aromatic N) is 1. The second-order valence-corrected chi connectivity index (χ2v) is 4.79. The summed E-state index contributed by atoms with van der Waals surface area (Å²) in [5, 5.41) is 1.91. The van der Waals surface area contributed by atoms with E-state index in [1.165, 1.54) is 11.1 Å². The highest BCUT2D eigenvalue weighted by molar-refractivity contribution is 6.35. The van der Waals surface area contributed by atoms with Gasteiger partial charge in [-0.1, -0.05) is 53.8 Å². The van der Waals surface area contributed by atoms with Crippen molar-refractivity contribution < 1.29 is 0 Å². The van der Waals surface area contributed by atoms with Crippen LogP contribution in [0, 0.1) is 0 Å². The molecule has 0 N–H and O–H groups in total. The van der Waals surface area contributed by atoms with Crippen molar-refractivity contribution in [3.05, 3.63) is 65.3 Å². The Hall–Kier alpha value is -1.67. The van der Waals surface area contributed by atoms with E-state index in [0.29, 0.717) is 0 Å². The van der Waals surface area contributed by atoms with Crippen LogP contribution >= 0.6 is 11.6 Å². The molecule has 18 heavy (non-hydrogen) atoms. The molecule has 3 heteroatoms. The third-order valence-corrected chi connectivity index (χ3v) is 3.57. The maximum absolute atomic E-state index is 6.30. The second-order valence-electron chi connectivity index (χ2n) is 4.39. The fourth-order valence-electron chi connectivity index (χ4n) is 2.25. The van der Waals surface area contributed by atoms with E-state index in [4.69, 9.17) is 11.6 Å². The summed E-state index contributed by atoms with van der Waals surface area (Å²) in [4.78, 5) is 0. The monoisotopic (exact) mass is 253 g/mol. The standard InChI is InChI=1S/C15H13BClN/c16-9-11-6-7-13-14(17)10-18(15(13)8-11)12-4-2-1-3-5-12/h1-8,10H,9,16H2. The molecule has 2 aromatic carbocycles. The number of para-hydroxylation sites is 1. The molecule has 0 atom stereocenters. The summed E-state index contributed by atoms with van der Waals surface area (Å²) in [6, 6.07) is 16.8. The Morgan fingerprint density at radius 3 is 2.56 bits per heavy atom. The molecule has 0 unspecified atom stereocenters. The molecule has 0 fully saturated rings. The number of hydrogen-bond acceptors (Lipinski definition) is 0. The van der Waals surface area contributed by atoms with Crippen LogP contribution in [0.3, 0.4) is 0 Å². The van der Waals surface area contributed by atoms with E-state index in [2.05, 4.69) is 42.7 Å². The smallest absolute Gasteiger partial charge is 0.107 e. The lowest BCUT2D eigenvalue weighted by molar-refractivity contribution is 1.13. The van der Waals surface area contributed by atoms with Crippen LogP contribution in [0.4, 0.5) is 0 Å². The normalized spacial score (nSPS) is 10.9. The zero-order chi connectivity index (χ0) is 12.5. The molecule has 0 aliphatic carbocycles. The van der Waals surface area contributed by atoms with Gasteiger partial charge in [-0.3, -0.25) is 0 Å². The van der Waals surface area contributed by atoms with E-state index in [0.717, 1.165) is 22.4 Å². The molecular formula is C15H13BClN. The van der Waals surface area contributed by atoms with Crippen LogP contribution in [0.15, 0.2) is 54.7 Å². The predicted octanol–water partition coefficient (Wildman–Crippen LogP) is 3.42.